The van der Waals surface area contributed by atoms with E-state index in [0.29, 0.717) is 24.7 Å². The van der Waals surface area contributed by atoms with Crippen molar-refractivity contribution in [1.29, 1.82) is 0 Å². The molecular weight excluding hydrogens is 333 g/mol. The fraction of sp³-hybridized carbons (Fsp3) is 0.200. The summed E-state index contributed by atoms with van der Waals surface area (Å²) in [7, 11) is 0. The Morgan fingerprint density at radius 3 is 2.81 bits per heavy atom. The van der Waals surface area contributed by atoms with Crippen LogP contribution in [0, 0.1) is 5.82 Å². The van der Waals surface area contributed by atoms with Gasteiger partial charge in [-0.05, 0) is 35.4 Å². The number of hydrogen-bond acceptors (Lipinski definition) is 3. The van der Waals surface area contributed by atoms with Crippen LogP contribution in [-0.4, -0.2) is 40.0 Å². The quantitative estimate of drug-likeness (QED) is 0.783. The number of nitrogens with zero attached hydrogens (tertiary/aromatic N) is 2. The molecule has 3 aromatic rings. The van der Waals surface area contributed by atoms with Crippen molar-refractivity contribution in [2.75, 3.05) is 13.1 Å². The summed E-state index contributed by atoms with van der Waals surface area (Å²) in [5, 5.41) is 0. The van der Waals surface area contributed by atoms with E-state index in [0.717, 1.165) is 17.5 Å². The number of halogens is 1. The van der Waals surface area contributed by atoms with Crippen molar-refractivity contribution in [3.63, 3.8) is 0 Å². The summed E-state index contributed by atoms with van der Waals surface area (Å²) >= 11 is 0. The topological polar surface area (TPSA) is 58.2 Å². The lowest BCUT2D eigenvalue weighted by Crippen LogP contribution is -2.31. The Labute approximate surface area is 150 Å². The van der Waals surface area contributed by atoms with E-state index in [-0.39, 0.29) is 17.8 Å². The third-order valence-electron chi connectivity index (χ3n) is 4.45. The first-order chi connectivity index (χ1) is 12.7. The van der Waals surface area contributed by atoms with Gasteiger partial charge in [0.05, 0.1) is 6.54 Å². The van der Waals surface area contributed by atoms with E-state index in [2.05, 4.69) is 9.97 Å². The van der Waals surface area contributed by atoms with Gasteiger partial charge < -0.3 is 14.6 Å². The Hall–Kier alpha value is -3.15. The zero-order valence-corrected chi connectivity index (χ0v) is 14.1. The van der Waals surface area contributed by atoms with Crippen molar-refractivity contribution in [1.82, 2.24) is 14.9 Å². The molecular formula is C20H18FN3O2. The number of nitrogens with one attached hydrogen (secondary N) is 1. The molecule has 1 N–H and O–H groups in total. The molecule has 3 heterocycles. The van der Waals surface area contributed by atoms with Gasteiger partial charge in [-0.2, -0.15) is 0 Å². The minimum absolute atomic E-state index is 0.0552. The van der Waals surface area contributed by atoms with Crippen LogP contribution in [0.2, 0.25) is 0 Å². The average molecular weight is 351 g/mol. The van der Waals surface area contributed by atoms with Gasteiger partial charge in [0.2, 0.25) is 5.88 Å². The molecule has 26 heavy (non-hydrogen) atoms. The van der Waals surface area contributed by atoms with Crippen molar-refractivity contribution >= 4 is 5.91 Å². The van der Waals surface area contributed by atoms with Crippen LogP contribution in [0.25, 0.3) is 11.1 Å². The van der Waals surface area contributed by atoms with Gasteiger partial charge in [0.1, 0.15) is 17.6 Å². The van der Waals surface area contributed by atoms with Crippen LogP contribution < -0.4 is 4.74 Å². The van der Waals surface area contributed by atoms with E-state index in [4.69, 9.17) is 4.74 Å². The number of carbonyl (C=O) groups excluding carboxylic acids is 1. The fourth-order valence-corrected chi connectivity index (χ4v) is 3.09. The summed E-state index contributed by atoms with van der Waals surface area (Å²) in [6, 6.07) is 13.5. The van der Waals surface area contributed by atoms with Gasteiger partial charge >= 0.3 is 0 Å². The summed E-state index contributed by atoms with van der Waals surface area (Å²) in [4.78, 5) is 21.7. The molecule has 0 aliphatic carbocycles. The molecule has 1 saturated heterocycles. The number of benzene rings is 1. The van der Waals surface area contributed by atoms with Crippen molar-refractivity contribution in [3.8, 4) is 17.0 Å². The Morgan fingerprint density at radius 2 is 2.04 bits per heavy atom. The second-order valence-electron chi connectivity index (χ2n) is 6.26. The highest BCUT2D eigenvalue weighted by Crippen LogP contribution is 2.23. The number of aromatic amines is 1. The van der Waals surface area contributed by atoms with Crippen LogP contribution in [0.3, 0.4) is 0 Å². The summed E-state index contributed by atoms with van der Waals surface area (Å²) in [6.45, 7) is 1.17. The molecule has 1 atom stereocenters. The highest BCUT2D eigenvalue weighted by Gasteiger charge is 2.29. The van der Waals surface area contributed by atoms with Crippen molar-refractivity contribution in [2.24, 2.45) is 0 Å². The number of aromatic nitrogens is 2. The molecule has 2 aromatic heterocycles. The smallest absolute Gasteiger partial charge is 0.270 e. The standard InChI is InChI=1S/C20H18FN3O2/c21-16-6-4-14(5-7-16)15-11-18(23-12-15)20(25)24-10-8-17(13-24)26-19-3-1-2-9-22-19/h1-7,9,11-12,17,23H,8,10,13H2. The van der Waals surface area contributed by atoms with Crippen molar-refractivity contribution in [3.05, 3.63) is 72.4 Å². The lowest BCUT2D eigenvalue weighted by molar-refractivity contribution is 0.0766. The number of rotatable bonds is 4. The third-order valence-corrected chi connectivity index (χ3v) is 4.45. The zero-order chi connectivity index (χ0) is 17.9. The largest absolute Gasteiger partial charge is 0.472 e. The Balaban J connectivity index is 1.41. The van der Waals surface area contributed by atoms with E-state index >= 15 is 0 Å². The fourth-order valence-electron chi connectivity index (χ4n) is 3.09. The van der Waals surface area contributed by atoms with Crippen molar-refractivity contribution in [2.45, 2.75) is 12.5 Å². The molecule has 1 unspecified atom stereocenters. The van der Waals surface area contributed by atoms with Gasteiger partial charge in [-0.1, -0.05) is 18.2 Å². The monoisotopic (exact) mass is 351 g/mol. The Morgan fingerprint density at radius 1 is 1.19 bits per heavy atom. The first-order valence-electron chi connectivity index (χ1n) is 8.50. The molecule has 1 amide bonds. The summed E-state index contributed by atoms with van der Waals surface area (Å²) in [6.07, 6.45) is 4.16. The normalized spacial score (nSPS) is 16.7. The molecule has 5 nitrogen and oxygen atoms in total. The van der Waals surface area contributed by atoms with Gasteiger partial charge in [-0.15, -0.1) is 0 Å². The van der Waals surface area contributed by atoms with E-state index in [9.17, 15) is 9.18 Å². The first-order valence-corrected chi connectivity index (χ1v) is 8.50. The van der Waals surface area contributed by atoms with Gasteiger partial charge in [-0.25, -0.2) is 9.37 Å². The number of hydrogen-bond donors (Lipinski definition) is 1. The summed E-state index contributed by atoms with van der Waals surface area (Å²) in [5.74, 6) is 0.229. The number of ether oxygens (including phenoxy) is 1. The maximum atomic E-state index is 13.0. The molecule has 0 spiro atoms. The molecule has 0 saturated carbocycles. The molecule has 0 bridgehead atoms. The van der Waals surface area contributed by atoms with Gasteiger partial charge in [0.15, 0.2) is 0 Å². The predicted octanol–water partition coefficient (Wildman–Crippen LogP) is 3.51. The predicted molar refractivity (Wildman–Crippen MR) is 95.4 cm³/mol. The number of carbonyl (C=O) groups is 1. The minimum atomic E-state index is -0.281. The SMILES string of the molecule is O=C(c1cc(-c2ccc(F)cc2)c[nH]1)N1CCC(Oc2ccccn2)C1. The molecule has 1 aromatic carbocycles. The van der Waals surface area contributed by atoms with Gasteiger partial charge in [0, 0.05) is 31.4 Å². The van der Waals surface area contributed by atoms with Crippen LogP contribution in [0.1, 0.15) is 16.9 Å². The highest BCUT2D eigenvalue weighted by atomic mass is 19.1. The summed E-state index contributed by atoms with van der Waals surface area (Å²) in [5.41, 5.74) is 2.23. The minimum Gasteiger partial charge on any atom is -0.472 e. The highest BCUT2D eigenvalue weighted by molar-refractivity contribution is 5.94. The molecule has 1 aliphatic heterocycles. The van der Waals surface area contributed by atoms with Gasteiger partial charge in [0.25, 0.3) is 5.91 Å². The maximum Gasteiger partial charge on any atom is 0.270 e. The Bertz CT molecular complexity index is 893. The van der Waals surface area contributed by atoms with Crippen LogP contribution in [0.5, 0.6) is 5.88 Å². The van der Waals surface area contributed by atoms with E-state index in [1.807, 2.05) is 18.2 Å². The maximum absolute atomic E-state index is 13.0. The molecule has 6 heteroatoms. The van der Waals surface area contributed by atoms with E-state index < -0.39 is 0 Å². The van der Waals surface area contributed by atoms with Crippen LogP contribution in [-0.2, 0) is 0 Å². The molecule has 1 fully saturated rings. The molecule has 4 rings (SSSR count). The van der Waals surface area contributed by atoms with Crippen molar-refractivity contribution < 1.29 is 13.9 Å². The zero-order valence-electron chi connectivity index (χ0n) is 14.1. The average Bonchev–Trinajstić information content (AvgIpc) is 3.33. The van der Waals surface area contributed by atoms with Gasteiger partial charge in [-0.3, -0.25) is 4.79 Å². The second kappa shape index (κ2) is 7.00. The first kappa shape index (κ1) is 16.3. The lowest BCUT2D eigenvalue weighted by Gasteiger charge is -2.16. The number of H-pyrrole nitrogens is 1. The van der Waals surface area contributed by atoms with E-state index in [1.54, 1.807) is 35.5 Å². The summed E-state index contributed by atoms with van der Waals surface area (Å²) < 4.78 is 18.9. The van der Waals surface area contributed by atoms with E-state index in [1.165, 1.54) is 12.1 Å². The van der Waals surface area contributed by atoms with Crippen LogP contribution in [0.15, 0.2) is 60.9 Å². The number of amides is 1. The van der Waals surface area contributed by atoms with Crippen LogP contribution >= 0.6 is 0 Å². The molecule has 132 valence electrons. The lowest BCUT2D eigenvalue weighted by atomic mass is 10.1. The second-order valence-corrected chi connectivity index (χ2v) is 6.26. The third kappa shape index (κ3) is 3.44. The number of likely N-dealkylation sites (tertiary alicyclic amines) is 1. The molecule has 0 radical (unpaired) electrons. The van der Waals surface area contributed by atoms with Crippen LogP contribution in [0.4, 0.5) is 4.39 Å². The number of pyridine rings is 1. The molecule has 1 aliphatic rings. The Kier molecular flexibility index (Phi) is 4.39.